The van der Waals surface area contributed by atoms with E-state index in [1.54, 1.807) is 13.1 Å². The molecule has 0 saturated carbocycles. The number of ether oxygens (including phenoxy) is 1. The molecule has 1 amide bonds. The summed E-state index contributed by atoms with van der Waals surface area (Å²) in [7, 11) is 3.45. The first kappa shape index (κ1) is 13.2. The highest BCUT2D eigenvalue weighted by molar-refractivity contribution is 5.81. The predicted molar refractivity (Wildman–Crippen MR) is 69.4 cm³/mol. The summed E-state index contributed by atoms with van der Waals surface area (Å²) < 4.78 is 5.40. The number of amides is 1. The monoisotopic (exact) mass is 237 g/mol. The number of nitrogens with zero attached hydrogens (tertiary/aromatic N) is 1. The van der Waals surface area contributed by atoms with Crippen LogP contribution in [-0.2, 0) is 4.79 Å². The molecule has 3 N–H and O–H groups in total. The molecule has 0 unspecified atom stereocenters. The Hall–Kier alpha value is -1.91. The standard InChI is InChI=1S/C12H19N3O2/c1-4-17-11-6-9(13)5-10(7-11)15(3)8-12(16)14-2/h5-7H,4,8,13H2,1-3H3,(H,14,16). The molecule has 5 nitrogen and oxygen atoms in total. The third-order valence-corrected chi connectivity index (χ3v) is 2.33. The van der Waals surface area contributed by atoms with Gasteiger partial charge in [0, 0.05) is 37.6 Å². The maximum atomic E-state index is 11.3. The predicted octanol–water partition coefficient (Wildman–Crippen LogP) is 0.850. The topological polar surface area (TPSA) is 67.6 Å². The summed E-state index contributed by atoms with van der Waals surface area (Å²) >= 11 is 0. The summed E-state index contributed by atoms with van der Waals surface area (Å²) in [4.78, 5) is 13.1. The molecule has 1 rings (SSSR count). The number of benzene rings is 1. The van der Waals surface area contributed by atoms with Crippen LogP contribution in [-0.4, -0.2) is 33.2 Å². The summed E-state index contributed by atoms with van der Waals surface area (Å²) in [5.41, 5.74) is 7.26. The molecule has 5 heteroatoms. The Bertz CT molecular complexity index is 393. The fourth-order valence-electron chi connectivity index (χ4n) is 1.46. The number of nitrogens with one attached hydrogen (secondary N) is 1. The second kappa shape index (κ2) is 5.98. The molecule has 0 bridgehead atoms. The zero-order chi connectivity index (χ0) is 12.8. The second-order valence-electron chi connectivity index (χ2n) is 3.72. The van der Waals surface area contributed by atoms with E-state index in [-0.39, 0.29) is 12.5 Å². The van der Waals surface area contributed by atoms with E-state index in [9.17, 15) is 4.79 Å². The molecule has 0 fully saturated rings. The van der Waals surface area contributed by atoms with Crippen molar-refractivity contribution in [2.45, 2.75) is 6.92 Å². The summed E-state index contributed by atoms with van der Waals surface area (Å²) in [6.45, 7) is 2.78. The highest BCUT2D eigenvalue weighted by Crippen LogP contribution is 2.24. The zero-order valence-corrected chi connectivity index (χ0v) is 10.5. The number of carbonyl (C=O) groups is 1. The Labute approximate surface area is 102 Å². The first-order chi connectivity index (χ1) is 8.06. The van der Waals surface area contributed by atoms with Gasteiger partial charge in [0.1, 0.15) is 5.75 Å². The van der Waals surface area contributed by atoms with Crippen LogP contribution in [0.3, 0.4) is 0 Å². The highest BCUT2D eigenvalue weighted by atomic mass is 16.5. The van der Waals surface area contributed by atoms with Gasteiger partial charge in [-0.3, -0.25) is 4.79 Å². The molecule has 0 radical (unpaired) electrons. The van der Waals surface area contributed by atoms with Gasteiger partial charge in [-0.2, -0.15) is 0 Å². The largest absolute Gasteiger partial charge is 0.494 e. The van der Waals surface area contributed by atoms with Crippen LogP contribution in [0.5, 0.6) is 5.75 Å². The molecule has 1 aromatic carbocycles. The number of carbonyl (C=O) groups excluding carboxylic acids is 1. The van der Waals surface area contributed by atoms with Crippen molar-refractivity contribution in [3.63, 3.8) is 0 Å². The maximum Gasteiger partial charge on any atom is 0.239 e. The molecule has 0 aliphatic rings. The lowest BCUT2D eigenvalue weighted by Gasteiger charge is -2.19. The summed E-state index contributed by atoms with van der Waals surface area (Å²) in [5.74, 6) is 0.666. The average molecular weight is 237 g/mol. The lowest BCUT2D eigenvalue weighted by molar-refractivity contribution is -0.119. The normalized spacial score (nSPS) is 9.82. The van der Waals surface area contributed by atoms with Crippen molar-refractivity contribution in [2.75, 3.05) is 37.9 Å². The quantitative estimate of drug-likeness (QED) is 0.745. The van der Waals surface area contributed by atoms with Crippen molar-refractivity contribution in [2.24, 2.45) is 0 Å². The summed E-state index contributed by atoms with van der Waals surface area (Å²) in [6, 6.07) is 5.44. The smallest absolute Gasteiger partial charge is 0.239 e. The Balaban J connectivity index is 2.85. The third kappa shape index (κ3) is 3.86. The Morgan fingerprint density at radius 2 is 2.18 bits per heavy atom. The Kier molecular flexibility index (Phi) is 4.63. The molecule has 94 valence electrons. The number of anilines is 2. The molecule has 0 spiro atoms. The third-order valence-electron chi connectivity index (χ3n) is 2.33. The molecule has 0 heterocycles. The Morgan fingerprint density at radius 1 is 1.47 bits per heavy atom. The summed E-state index contributed by atoms with van der Waals surface area (Å²) in [6.07, 6.45) is 0. The lowest BCUT2D eigenvalue weighted by Crippen LogP contribution is -2.32. The molecule has 0 saturated heterocycles. The average Bonchev–Trinajstić information content (AvgIpc) is 2.28. The van der Waals surface area contributed by atoms with Gasteiger partial charge in [-0.25, -0.2) is 0 Å². The van der Waals surface area contributed by atoms with Crippen molar-refractivity contribution < 1.29 is 9.53 Å². The van der Waals surface area contributed by atoms with E-state index in [4.69, 9.17) is 10.5 Å². The van der Waals surface area contributed by atoms with Crippen molar-refractivity contribution in [3.05, 3.63) is 18.2 Å². The number of likely N-dealkylation sites (N-methyl/N-ethyl adjacent to an activating group) is 2. The zero-order valence-electron chi connectivity index (χ0n) is 10.5. The first-order valence-corrected chi connectivity index (χ1v) is 5.52. The van der Waals surface area contributed by atoms with E-state index < -0.39 is 0 Å². The van der Waals surface area contributed by atoms with Crippen LogP contribution in [0.2, 0.25) is 0 Å². The van der Waals surface area contributed by atoms with Crippen LogP contribution in [0, 0.1) is 0 Å². The van der Waals surface area contributed by atoms with E-state index in [0.29, 0.717) is 18.0 Å². The maximum absolute atomic E-state index is 11.3. The van der Waals surface area contributed by atoms with Crippen molar-refractivity contribution in [3.8, 4) is 5.75 Å². The van der Waals surface area contributed by atoms with Crippen LogP contribution in [0.1, 0.15) is 6.92 Å². The minimum atomic E-state index is -0.0483. The number of hydrogen-bond acceptors (Lipinski definition) is 4. The number of rotatable bonds is 5. The van der Waals surface area contributed by atoms with Crippen molar-refractivity contribution in [1.29, 1.82) is 0 Å². The molecule has 0 aliphatic heterocycles. The molecule has 17 heavy (non-hydrogen) atoms. The van der Waals surface area contributed by atoms with Gasteiger partial charge in [0.25, 0.3) is 0 Å². The van der Waals surface area contributed by atoms with Gasteiger partial charge in [-0.05, 0) is 13.0 Å². The van der Waals surface area contributed by atoms with E-state index >= 15 is 0 Å². The number of hydrogen-bond donors (Lipinski definition) is 2. The van der Waals surface area contributed by atoms with E-state index in [0.717, 1.165) is 5.69 Å². The van der Waals surface area contributed by atoms with Crippen LogP contribution < -0.4 is 20.7 Å². The van der Waals surface area contributed by atoms with E-state index in [1.165, 1.54) is 0 Å². The van der Waals surface area contributed by atoms with Gasteiger partial charge in [-0.1, -0.05) is 0 Å². The molecule has 0 aromatic heterocycles. The van der Waals surface area contributed by atoms with Crippen molar-refractivity contribution in [1.82, 2.24) is 5.32 Å². The van der Waals surface area contributed by atoms with Gasteiger partial charge in [0.2, 0.25) is 5.91 Å². The minimum Gasteiger partial charge on any atom is -0.494 e. The highest BCUT2D eigenvalue weighted by Gasteiger charge is 2.08. The molecule has 0 aliphatic carbocycles. The molecular weight excluding hydrogens is 218 g/mol. The van der Waals surface area contributed by atoms with Gasteiger partial charge < -0.3 is 20.7 Å². The van der Waals surface area contributed by atoms with Crippen LogP contribution >= 0.6 is 0 Å². The van der Waals surface area contributed by atoms with E-state index in [1.807, 2.05) is 31.0 Å². The van der Waals surface area contributed by atoms with E-state index in [2.05, 4.69) is 5.32 Å². The number of nitrogens with two attached hydrogens (primary N) is 1. The molecular formula is C12H19N3O2. The summed E-state index contributed by atoms with van der Waals surface area (Å²) in [5, 5.41) is 2.58. The fourth-order valence-corrected chi connectivity index (χ4v) is 1.46. The minimum absolute atomic E-state index is 0.0483. The van der Waals surface area contributed by atoms with Crippen LogP contribution in [0.15, 0.2) is 18.2 Å². The van der Waals surface area contributed by atoms with Gasteiger partial charge in [0.15, 0.2) is 0 Å². The van der Waals surface area contributed by atoms with Crippen LogP contribution in [0.4, 0.5) is 11.4 Å². The fraction of sp³-hybridized carbons (Fsp3) is 0.417. The second-order valence-corrected chi connectivity index (χ2v) is 3.72. The Morgan fingerprint density at radius 3 is 2.76 bits per heavy atom. The molecule has 1 aromatic rings. The van der Waals surface area contributed by atoms with Gasteiger partial charge in [0.05, 0.1) is 13.2 Å². The SMILES string of the molecule is CCOc1cc(N)cc(N(C)CC(=O)NC)c1. The first-order valence-electron chi connectivity index (χ1n) is 5.52. The van der Waals surface area contributed by atoms with Crippen molar-refractivity contribution >= 4 is 17.3 Å². The number of nitrogen functional groups attached to an aromatic ring is 1. The van der Waals surface area contributed by atoms with Gasteiger partial charge >= 0.3 is 0 Å². The van der Waals surface area contributed by atoms with Crippen LogP contribution in [0.25, 0.3) is 0 Å². The lowest BCUT2D eigenvalue weighted by atomic mass is 10.2. The van der Waals surface area contributed by atoms with Gasteiger partial charge in [-0.15, -0.1) is 0 Å². The molecule has 0 atom stereocenters.